The molecule has 0 aliphatic carbocycles. The van der Waals surface area contributed by atoms with E-state index in [4.69, 9.17) is 11.6 Å². The summed E-state index contributed by atoms with van der Waals surface area (Å²) in [5.41, 5.74) is 0.180. The van der Waals surface area contributed by atoms with Gasteiger partial charge in [0.2, 0.25) is 5.91 Å². The van der Waals surface area contributed by atoms with Crippen LogP contribution in [0.2, 0.25) is 5.02 Å². The molecule has 1 aromatic carbocycles. The maximum atomic E-state index is 13.6. The quantitative estimate of drug-likeness (QED) is 0.898. The average Bonchev–Trinajstić information content (AvgIpc) is 2.84. The number of fused-ring (bicyclic) bond motifs is 1. The van der Waals surface area contributed by atoms with E-state index in [1.165, 1.54) is 25.0 Å². The summed E-state index contributed by atoms with van der Waals surface area (Å²) in [4.78, 5) is 14.2. The molecule has 0 saturated carbocycles. The summed E-state index contributed by atoms with van der Waals surface area (Å²) in [6.07, 6.45) is 2.43. The van der Waals surface area contributed by atoms with Crippen molar-refractivity contribution >= 4 is 23.2 Å². The zero-order chi connectivity index (χ0) is 14.8. The first-order valence-corrected chi connectivity index (χ1v) is 7.70. The standard InChI is InChI=1S/C15H19ClFN3O/c16-11-3-4-13(12(17)6-11)19-15(21)9-20-7-10-2-1-5-18-14(10)8-20/h3-4,6,10,14,18H,1-2,5,7-9H2,(H,19,21). The Kier molecular flexibility index (Phi) is 4.42. The molecular formula is C15H19ClFN3O. The number of carbonyl (C=O) groups excluding carboxylic acids is 1. The molecule has 4 nitrogen and oxygen atoms in total. The highest BCUT2D eigenvalue weighted by Gasteiger charge is 2.34. The molecule has 0 radical (unpaired) electrons. The van der Waals surface area contributed by atoms with E-state index in [1.54, 1.807) is 6.07 Å². The highest BCUT2D eigenvalue weighted by molar-refractivity contribution is 6.30. The minimum atomic E-state index is -0.507. The van der Waals surface area contributed by atoms with E-state index < -0.39 is 5.82 Å². The average molecular weight is 312 g/mol. The smallest absolute Gasteiger partial charge is 0.238 e. The number of hydrogen-bond acceptors (Lipinski definition) is 3. The summed E-state index contributed by atoms with van der Waals surface area (Å²) in [7, 11) is 0. The molecule has 1 aromatic rings. The lowest BCUT2D eigenvalue weighted by Gasteiger charge is -2.24. The van der Waals surface area contributed by atoms with Gasteiger partial charge in [-0.1, -0.05) is 11.6 Å². The Balaban J connectivity index is 1.55. The van der Waals surface area contributed by atoms with E-state index in [9.17, 15) is 9.18 Å². The van der Waals surface area contributed by atoms with Crippen molar-refractivity contribution in [1.82, 2.24) is 10.2 Å². The van der Waals surface area contributed by atoms with Gasteiger partial charge in [0.1, 0.15) is 5.82 Å². The summed E-state index contributed by atoms with van der Waals surface area (Å²) in [6.45, 7) is 3.20. The molecule has 2 atom stereocenters. The largest absolute Gasteiger partial charge is 0.322 e. The molecule has 0 bridgehead atoms. The van der Waals surface area contributed by atoms with Gasteiger partial charge in [0.05, 0.1) is 12.2 Å². The van der Waals surface area contributed by atoms with Gasteiger partial charge in [-0.15, -0.1) is 0 Å². The molecule has 0 spiro atoms. The summed E-state index contributed by atoms with van der Waals surface area (Å²) in [5, 5.41) is 6.43. The molecule has 21 heavy (non-hydrogen) atoms. The predicted octanol–water partition coefficient (Wildman–Crippen LogP) is 2.10. The molecule has 2 heterocycles. The summed E-state index contributed by atoms with van der Waals surface area (Å²) in [6, 6.07) is 4.75. The van der Waals surface area contributed by atoms with E-state index >= 15 is 0 Å². The number of likely N-dealkylation sites (tertiary alicyclic amines) is 1. The highest BCUT2D eigenvalue weighted by Crippen LogP contribution is 2.25. The Bertz CT molecular complexity index is 526. The molecule has 114 valence electrons. The van der Waals surface area contributed by atoms with Crippen LogP contribution in [0.3, 0.4) is 0 Å². The van der Waals surface area contributed by atoms with Crippen LogP contribution < -0.4 is 10.6 Å². The highest BCUT2D eigenvalue weighted by atomic mass is 35.5. The van der Waals surface area contributed by atoms with E-state index in [1.807, 2.05) is 0 Å². The first kappa shape index (κ1) is 14.8. The lowest BCUT2D eigenvalue weighted by atomic mass is 9.94. The fraction of sp³-hybridized carbons (Fsp3) is 0.533. The molecule has 2 saturated heterocycles. The summed E-state index contributed by atoms with van der Waals surface area (Å²) >= 11 is 5.69. The van der Waals surface area contributed by atoms with Gasteiger partial charge in [-0.05, 0) is 43.5 Å². The Morgan fingerprint density at radius 2 is 2.33 bits per heavy atom. The molecule has 2 unspecified atom stereocenters. The van der Waals surface area contributed by atoms with Gasteiger partial charge in [-0.3, -0.25) is 9.69 Å². The van der Waals surface area contributed by atoms with Gasteiger partial charge in [0, 0.05) is 24.2 Å². The van der Waals surface area contributed by atoms with Crippen molar-refractivity contribution in [2.45, 2.75) is 18.9 Å². The molecule has 6 heteroatoms. The Morgan fingerprint density at radius 1 is 1.48 bits per heavy atom. The molecule has 1 amide bonds. The van der Waals surface area contributed by atoms with Crippen LogP contribution in [0.15, 0.2) is 18.2 Å². The van der Waals surface area contributed by atoms with Gasteiger partial charge in [0.25, 0.3) is 0 Å². The number of hydrogen-bond donors (Lipinski definition) is 2. The Labute approximate surface area is 128 Å². The predicted molar refractivity (Wildman–Crippen MR) is 81.0 cm³/mol. The van der Waals surface area contributed by atoms with Crippen LogP contribution in [0, 0.1) is 11.7 Å². The second kappa shape index (κ2) is 6.30. The Morgan fingerprint density at radius 3 is 3.10 bits per heavy atom. The number of nitrogens with one attached hydrogen (secondary N) is 2. The lowest BCUT2D eigenvalue weighted by Crippen LogP contribution is -2.41. The van der Waals surface area contributed by atoms with Crippen molar-refractivity contribution in [2.75, 3.05) is 31.5 Å². The van der Waals surface area contributed by atoms with Gasteiger partial charge in [-0.2, -0.15) is 0 Å². The number of benzene rings is 1. The van der Waals surface area contributed by atoms with Crippen LogP contribution in [0.1, 0.15) is 12.8 Å². The van der Waals surface area contributed by atoms with Crippen LogP contribution in [0.25, 0.3) is 0 Å². The second-order valence-corrected chi connectivity index (χ2v) is 6.27. The molecule has 2 N–H and O–H groups in total. The normalized spacial score (nSPS) is 25.6. The van der Waals surface area contributed by atoms with Gasteiger partial charge in [-0.25, -0.2) is 4.39 Å². The maximum absolute atomic E-state index is 13.6. The zero-order valence-corrected chi connectivity index (χ0v) is 12.5. The summed E-state index contributed by atoms with van der Waals surface area (Å²) in [5.74, 6) is -0.0544. The number of amides is 1. The number of halogens is 2. The van der Waals surface area contributed by atoms with Crippen LogP contribution in [0.4, 0.5) is 10.1 Å². The number of piperidine rings is 1. The number of rotatable bonds is 3. The number of nitrogens with zero attached hydrogens (tertiary/aromatic N) is 1. The SMILES string of the molecule is O=C(CN1CC2CCCNC2C1)Nc1ccc(Cl)cc1F. The number of carbonyl (C=O) groups is 1. The first-order chi connectivity index (χ1) is 10.1. The van der Waals surface area contributed by atoms with Crippen molar-refractivity contribution < 1.29 is 9.18 Å². The monoisotopic (exact) mass is 311 g/mol. The van der Waals surface area contributed by atoms with E-state index in [0.29, 0.717) is 23.5 Å². The fourth-order valence-electron chi connectivity index (χ4n) is 3.25. The van der Waals surface area contributed by atoms with Crippen LogP contribution in [-0.4, -0.2) is 43.0 Å². The van der Waals surface area contributed by atoms with E-state index in [2.05, 4.69) is 15.5 Å². The summed E-state index contributed by atoms with van der Waals surface area (Å²) < 4.78 is 13.6. The van der Waals surface area contributed by atoms with Gasteiger partial charge in [0.15, 0.2) is 0 Å². The molecular weight excluding hydrogens is 293 g/mol. The van der Waals surface area contributed by atoms with Gasteiger partial charge >= 0.3 is 0 Å². The van der Waals surface area contributed by atoms with Crippen molar-refractivity contribution in [3.8, 4) is 0 Å². The molecule has 2 aliphatic rings. The van der Waals surface area contributed by atoms with E-state index in [-0.39, 0.29) is 11.6 Å². The van der Waals surface area contributed by atoms with Crippen LogP contribution in [-0.2, 0) is 4.79 Å². The number of anilines is 1. The molecule has 3 rings (SSSR count). The van der Waals surface area contributed by atoms with Crippen LogP contribution >= 0.6 is 11.6 Å². The zero-order valence-electron chi connectivity index (χ0n) is 11.7. The molecule has 2 aliphatic heterocycles. The molecule has 0 aromatic heterocycles. The topological polar surface area (TPSA) is 44.4 Å². The van der Waals surface area contributed by atoms with Crippen molar-refractivity contribution in [2.24, 2.45) is 5.92 Å². The minimum absolute atomic E-state index is 0.180. The van der Waals surface area contributed by atoms with Crippen molar-refractivity contribution in [3.05, 3.63) is 29.0 Å². The van der Waals surface area contributed by atoms with Crippen LogP contribution in [0.5, 0.6) is 0 Å². The third kappa shape index (κ3) is 3.54. The minimum Gasteiger partial charge on any atom is -0.322 e. The first-order valence-electron chi connectivity index (χ1n) is 7.32. The lowest BCUT2D eigenvalue weighted by molar-refractivity contribution is -0.117. The third-order valence-electron chi connectivity index (χ3n) is 4.25. The molecule has 2 fully saturated rings. The van der Waals surface area contributed by atoms with E-state index in [0.717, 1.165) is 19.6 Å². The maximum Gasteiger partial charge on any atom is 0.238 e. The second-order valence-electron chi connectivity index (χ2n) is 5.83. The van der Waals surface area contributed by atoms with Crippen molar-refractivity contribution in [3.63, 3.8) is 0 Å². The third-order valence-corrected chi connectivity index (χ3v) is 4.48. The fourth-order valence-corrected chi connectivity index (χ4v) is 3.41. The Hall–Kier alpha value is -1.17. The van der Waals surface area contributed by atoms with Crippen molar-refractivity contribution in [1.29, 1.82) is 0 Å². The van der Waals surface area contributed by atoms with Gasteiger partial charge < -0.3 is 10.6 Å².